The van der Waals surface area contributed by atoms with Crippen LogP contribution >= 0.6 is 0 Å². The normalized spacial score (nSPS) is 11.2. The molecule has 63 heavy (non-hydrogen) atoms. The van der Waals surface area contributed by atoms with Crippen LogP contribution in [0.3, 0.4) is 0 Å². The lowest BCUT2D eigenvalue weighted by molar-refractivity contribution is 1.30. The van der Waals surface area contributed by atoms with Gasteiger partial charge in [-0.3, -0.25) is 0 Å². The van der Waals surface area contributed by atoms with Gasteiger partial charge in [-0.1, -0.05) is 255 Å². The molecule has 0 fully saturated rings. The Hall–Kier alpha value is -8.26. The highest BCUT2D eigenvalue weighted by atomic mass is 15.2. The first kappa shape index (κ1) is 37.7. The van der Waals surface area contributed by atoms with Crippen molar-refractivity contribution in [3.05, 3.63) is 261 Å². The second-order valence-corrected chi connectivity index (χ2v) is 15.9. The number of nitrogens with zero attached hydrogens (tertiary/aromatic N) is 1. The van der Waals surface area contributed by atoms with Crippen molar-refractivity contribution in [2.75, 3.05) is 4.90 Å². The smallest absolute Gasteiger partial charge is 0.0619 e. The highest BCUT2D eigenvalue weighted by Crippen LogP contribution is 2.56. The van der Waals surface area contributed by atoms with Gasteiger partial charge in [0.15, 0.2) is 0 Å². The van der Waals surface area contributed by atoms with Gasteiger partial charge in [-0.05, 0) is 61.2 Å². The average Bonchev–Trinajstić information content (AvgIpc) is 3.37. The molecule has 11 aromatic rings. The van der Waals surface area contributed by atoms with E-state index in [2.05, 4.69) is 266 Å². The van der Waals surface area contributed by atoms with Gasteiger partial charge < -0.3 is 4.90 Å². The van der Waals surface area contributed by atoms with Gasteiger partial charge in [-0.15, -0.1) is 0 Å². The molecule has 0 saturated carbocycles. The summed E-state index contributed by atoms with van der Waals surface area (Å²) in [4.78, 5) is 2.62. The number of hydrogen-bond donors (Lipinski definition) is 0. The first-order valence-electron chi connectivity index (χ1n) is 21.7. The molecule has 296 valence electrons. The molecule has 0 N–H and O–H groups in total. The number of benzene rings is 11. The Kier molecular flexibility index (Phi) is 9.97. The van der Waals surface area contributed by atoms with Gasteiger partial charge in [0.1, 0.15) is 0 Å². The Morgan fingerprint density at radius 2 is 0.508 bits per heavy atom. The number of anilines is 3. The first-order valence-corrected chi connectivity index (χ1v) is 21.7. The molecule has 0 aliphatic rings. The molecule has 1 nitrogen and oxygen atoms in total. The number of fused-ring (bicyclic) bond motifs is 3. The van der Waals surface area contributed by atoms with Crippen molar-refractivity contribution in [3.8, 4) is 66.8 Å². The molecule has 0 aliphatic carbocycles. The molecule has 0 aliphatic heterocycles. The Morgan fingerprint density at radius 3 is 0.905 bits per heavy atom. The van der Waals surface area contributed by atoms with Crippen molar-refractivity contribution in [2.24, 2.45) is 0 Å². The van der Waals surface area contributed by atoms with Crippen molar-refractivity contribution < 1.29 is 0 Å². The molecule has 0 aromatic heterocycles. The molecule has 0 saturated heterocycles. The van der Waals surface area contributed by atoms with Gasteiger partial charge in [0.2, 0.25) is 0 Å². The second kappa shape index (κ2) is 16.7. The first-order chi connectivity index (χ1) is 31.3. The maximum atomic E-state index is 2.62. The number of rotatable bonds is 9. The largest absolute Gasteiger partial charge is 0.307 e. The van der Waals surface area contributed by atoms with Crippen molar-refractivity contribution in [1.82, 2.24) is 0 Å². The third-order valence-corrected chi connectivity index (χ3v) is 12.3. The Morgan fingerprint density at radius 1 is 0.206 bits per heavy atom. The predicted octanol–water partition coefficient (Wildman–Crippen LogP) is 17.5. The van der Waals surface area contributed by atoms with Gasteiger partial charge in [0.05, 0.1) is 17.1 Å². The summed E-state index contributed by atoms with van der Waals surface area (Å²) in [5.74, 6) is 0. The van der Waals surface area contributed by atoms with E-state index in [1.165, 1.54) is 43.8 Å². The molecule has 1 heteroatoms. The molecule has 0 radical (unpaired) electrons. The fraction of sp³-hybridized carbons (Fsp3) is 0. The quantitative estimate of drug-likeness (QED) is 0.131. The standard InChI is InChI=1S/C62H43N/c1-7-24-44(25-8-1)50-38-21-39-51(45-26-9-2-10-27-45)61(50)63(62-52(46-28-11-3-12-29-46)40-22-41-53(62)47-30-13-4-14-31-47)57-43-23-42-56-54-36-19-20-37-55(54)58(48-32-15-5-16-33-48)59(60(56)57)49-34-17-6-18-35-49/h1-43H. The highest BCUT2D eigenvalue weighted by molar-refractivity contribution is 6.26. The van der Waals surface area contributed by atoms with Gasteiger partial charge >= 0.3 is 0 Å². The SMILES string of the molecule is c1ccc(-c2cccc(-c3ccccc3)c2N(c2c(-c3ccccc3)cccc2-c2ccccc2)c2cccc3c2c(-c2ccccc2)c(-c2ccccc2)c2ccccc23)cc1. The number of para-hydroxylation sites is 2. The van der Waals surface area contributed by atoms with Crippen LogP contribution in [0.15, 0.2) is 261 Å². The molecule has 0 amide bonds. The Labute approximate surface area is 369 Å². The van der Waals surface area contributed by atoms with E-state index in [0.717, 1.165) is 61.6 Å². The van der Waals surface area contributed by atoms with Crippen LogP contribution in [0.5, 0.6) is 0 Å². The van der Waals surface area contributed by atoms with Gasteiger partial charge in [-0.2, -0.15) is 0 Å². The van der Waals surface area contributed by atoms with Crippen LogP contribution in [0.4, 0.5) is 17.1 Å². The molecule has 11 rings (SSSR count). The molecule has 0 unspecified atom stereocenters. The summed E-state index contributed by atoms with van der Waals surface area (Å²) in [5.41, 5.74) is 17.2. The zero-order valence-electron chi connectivity index (χ0n) is 34.8. The minimum absolute atomic E-state index is 1.09. The molecule has 0 spiro atoms. The molecule has 11 aromatic carbocycles. The fourth-order valence-corrected chi connectivity index (χ4v) is 9.53. The predicted molar refractivity (Wildman–Crippen MR) is 269 cm³/mol. The maximum absolute atomic E-state index is 2.62. The third kappa shape index (κ3) is 6.87. The lowest BCUT2D eigenvalue weighted by Crippen LogP contribution is -2.16. The Bertz CT molecular complexity index is 3100. The van der Waals surface area contributed by atoms with E-state index >= 15 is 0 Å². The summed E-state index contributed by atoms with van der Waals surface area (Å²) in [5, 5.41) is 4.82. The third-order valence-electron chi connectivity index (χ3n) is 12.3. The zero-order valence-corrected chi connectivity index (χ0v) is 34.8. The van der Waals surface area contributed by atoms with E-state index in [9.17, 15) is 0 Å². The summed E-state index contributed by atoms with van der Waals surface area (Å²) in [6, 6.07) is 95.0. The van der Waals surface area contributed by atoms with Crippen molar-refractivity contribution in [1.29, 1.82) is 0 Å². The monoisotopic (exact) mass is 801 g/mol. The van der Waals surface area contributed by atoms with E-state index < -0.39 is 0 Å². The van der Waals surface area contributed by atoms with E-state index in [4.69, 9.17) is 0 Å². The van der Waals surface area contributed by atoms with Crippen LogP contribution in [0.2, 0.25) is 0 Å². The zero-order chi connectivity index (χ0) is 42.0. The number of hydrogen-bond acceptors (Lipinski definition) is 1. The molecular weight excluding hydrogens is 759 g/mol. The van der Waals surface area contributed by atoms with Gasteiger partial charge in [0.25, 0.3) is 0 Å². The van der Waals surface area contributed by atoms with E-state index in [0.29, 0.717) is 0 Å². The minimum atomic E-state index is 1.09. The second-order valence-electron chi connectivity index (χ2n) is 15.9. The Balaban J connectivity index is 1.40. The lowest BCUT2D eigenvalue weighted by atomic mass is 9.83. The topological polar surface area (TPSA) is 3.24 Å². The summed E-state index contributed by atoms with van der Waals surface area (Å²) in [6.07, 6.45) is 0. The fourth-order valence-electron chi connectivity index (χ4n) is 9.53. The average molecular weight is 802 g/mol. The van der Waals surface area contributed by atoms with Crippen LogP contribution in [0, 0.1) is 0 Å². The van der Waals surface area contributed by atoms with Crippen LogP contribution in [-0.4, -0.2) is 0 Å². The highest BCUT2D eigenvalue weighted by Gasteiger charge is 2.30. The summed E-state index contributed by atoms with van der Waals surface area (Å²) in [6.45, 7) is 0. The molecule has 0 bridgehead atoms. The van der Waals surface area contributed by atoms with E-state index in [1.807, 2.05) is 0 Å². The lowest BCUT2D eigenvalue weighted by Gasteiger charge is -2.35. The minimum Gasteiger partial charge on any atom is -0.307 e. The summed E-state index contributed by atoms with van der Waals surface area (Å²) < 4.78 is 0. The van der Waals surface area contributed by atoms with Crippen LogP contribution in [0.25, 0.3) is 88.3 Å². The molecule has 0 heterocycles. The van der Waals surface area contributed by atoms with Crippen LogP contribution in [-0.2, 0) is 0 Å². The van der Waals surface area contributed by atoms with Gasteiger partial charge in [-0.25, -0.2) is 0 Å². The maximum Gasteiger partial charge on any atom is 0.0619 e. The van der Waals surface area contributed by atoms with Crippen molar-refractivity contribution >= 4 is 38.6 Å². The molecule has 0 atom stereocenters. The summed E-state index contributed by atoms with van der Waals surface area (Å²) in [7, 11) is 0. The van der Waals surface area contributed by atoms with Crippen molar-refractivity contribution in [3.63, 3.8) is 0 Å². The van der Waals surface area contributed by atoms with Crippen molar-refractivity contribution in [2.45, 2.75) is 0 Å². The van der Waals surface area contributed by atoms with Gasteiger partial charge in [0, 0.05) is 33.2 Å². The van der Waals surface area contributed by atoms with E-state index in [-0.39, 0.29) is 0 Å². The molecular formula is C62H43N. The van der Waals surface area contributed by atoms with Crippen LogP contribution < -0.4 is 4.90 Å². The van der Waals surface area contributed by atoms with Crippen LogP contribution in [0.1, 0.15) is 0 Å². The van der Waals surface area contributed by atoms with E-state index in [1.54, 1.807) is 0 Å². The summed E-state index contributed by atoms with van der Waals surface area (Å²) >= 11 is 0.